The van der Waals surface area contributed by atoms with Crippen LogP contribution in [0.2, 0.25) is 0 Å². The average Bonchev–Trinajstić information content (AvgIpc) is 1.68. The zero-order valence-corrected chi connectivity index (χ0v) is 4.85. The van der Waals surface area contributed by atoms with Crippen molar-refractivity contribution in [3.63, 3.8) is 0 Å². The molecule has 2 nitrogen and oxygen atoms in total. The van der Waals surface area contributed by atoms with E-state index < -0.39 is 0 Å². The van der Waals surface area contributed by atoms with E-state index in [1.165, 1.54) is 6.42 Å². The van der Waals surface area contributed by atoms with E-state index in [2.05, 4.69) is 6.92 Å². The molecule has 0 aromatic heterocycles. The molecule has 1 rings (SSSR count). The monoisotopic (exact) mass is 104 g/mol. The summed E-state index contributed by atoms with van der Waals surface area (Å²) < 4.78 is 4.93. The SMILES string of the molecule is CC1CCO1.CO. The van der Waals surface area contributed by atoms with E-state index >= 15 is 0 Å². The van der Waals surface area contributed by atoms with Gasteiger partial charge in [-0.15, -0.1) is 0 Å². The topological polar surface area (TPSA) is 29.5 Å². The Morgan fingerprint density at radius 1 is 1.57 bits per heavy atom. The van der Waals surface area contributed by atoms with Crippen LogP contribution in [-0.2, 0) is 4.74 Å². The van der Waals surface area contributed by atoms with Crippen molar-refractivity contribution in [1.82, 2.24) is 0 Å². The zero-order valence-electron chi connectivity index (χ0n) is 4.85. The molecule has 44 valence electrons. The summed E-state index contributed by atoms with van der Waals surface area (Å²) in [4.78, 5) is 0. The summed E-state index contributed by atoms with van der Waals surface area (Å²) in [6, 6.07) is 0. The molecule has 0 radical (unpaired) electrons. The number of hydrogen-bond acceptors (Lipinski definition) is 2. The van der Waals surface area contributed by atoms with Crippen molar-refractivity contribution >= 4 is 0 Å². The number of ether oxygens (including phenoxy) is 1. The highest BCUT2D eigenvalue weighted by atomic mass is 16.5. The van der Waals surface area contributed by atoms with Gasteiger partial charge in [-0.05, 0) is 13.3 Å². The molecule has 7 heavy (non-hydrogen) atoms. The molecular formula is C5H12O2. The van der Waals surface area contributed by atoms with Crippen LogP contribution in [0.15, 0.2) is 0 Å². The van der Waals surface area contributed by atoms with Gasteiger partial charge in [-0.25, -0.2) is 0 Å². The smallest absolute Gasteiger partial charge is 0.0568 e. The molecule has 0 aromatic rings. The molecular weight excluding hydrogens is 92.1 g/mol. The molecule has 1 aliphatic heterocycles. The molecule has 0 amide bonds. The first-order valence-electron chi connectivity index (χ1n) is 2.46. The molecule has 1 fully saturated rings. The van der Waals surface area contributed by atoms with E-state index in [0.29, 0.717) is 6.10 Å². The lowest BCUT2D eigenvalue weighted by Crippen LogP contribution is -2.22. The number of rotatable bonds is 0. The molecule has 1 heterocycles. The number of hydrogen-bond donors (Lipinski definition) is 1. The maximum Gasteiger partial charge on any atom is 0.0568 e. The van der Waals surface area contributed by atoms with Crippen molar-refractivity contribution < 1.29 is 9.84 Å². The zero-order chi connectivity index (χ0) is 5.70. The van der Waals surface area contributed by atoms with Crippen LogP contribution in [0, 0.1) is 0 Å². The van der Waals surface area contributed by atoms with Crippen LogP contribution in [0.4, 0.5) is 0 Å². The lowest BCUT2D eigenvalue weighted by atomic mass is 10.2. The largest absolute Gasteiger partial charge is 0.400 e. The number of aliphatic hydroxyl groups excluding tert-OH is 1. The molecule has 1 aliphatic rings. The molecule has 0 saturated carbocycles. The third kappa shape index (κ3) is 2.60. The second-order valence-electron chi connectivity index (χ2n) is 1.47. The van der Waals surface area contributed by atoms with Gasteiger partial charge in [0.25, 0.3) is 0 Å². The first kappa shape index (κ1) is 6.92. The molecule has 1 saturated heterocycles. The fraction of sp³-hybridized carbons (Fsp3) is 1.00. The summed E-state index contributed by atoms with van der Waals surface area (Å²) in [6.07, 6.45) is 1.83. The Balaban J connectivity index is 0.000000162. The van der Waals surface area contributed by atoms with Crippen molar-refractivity contribution in [3.05, 3.63) is 0 Å². The number of aliphatic hydroxyl groups is 1. The van der Waals surface area contributed by atoms with Crippen LogP contribution in [-0.4, -0.2) is 24.9 Å². The summed E-state index contributed by atoms with van der Waals surface area (Å²) in [5.41, 5.74) is 0. The maximum atomic E-state index is 7.00. The van der Waals surface area contributed by atoms with Gasteiger partial charge in [0.1, 0.15) is 0 Å². The van der Waals surface area contributed by atoms with Crippen LogP contribution < -0.4 is 0 Å². The minimum absolute atomic E-state index is 0.565. The molecule has 1 N–H and O–H groups in total. The van der Waals surface area contributed by atoms with Gasteiger partial charge in [-0.1, -0.05) is 0 Å². The summed E-state index contributed by atoms with van der Waals surface area (Å²) in [7, 11) is 1.00. The molecule has 0 spiro atoms. The summed E-state index contributed by atoms with van der Waals surface area (Å²) >= 11 is 0. The highest BCUT2D eigenvalue weighted by molar-refractivity contribution is 4.57. The highest BCUT2D eigenvalue weighted by Gasteiger charge is 2.09. The van der Waals surface area contributed by atoms with Crippen LogP contribution in [0.5, 0.6) is 0 Å². The van der Waals surface area contributed by atoms with Gasteiger partial charge in [-0.3, -0.25) is 0 Å². The van der Waals surface area contributed by atoms with Crippen molar-refractivity contribution in [2.24, 2.45) is 0 Å². The second-order valence-corrected chi connectivity index (χ2v) is 1.47. The molecule has 1 unspecified atom stereocenters. The summed E-state index contributed by atoms with van der Waals surface area (Å²) in [5.74, 6) is 0. The first-order chi connectivity index (χ1) is 3.39. The standard InChI is InChI=1S/C4H8O.CH4O/c1-4-2-3-5-4;1-2/h4H,2-3H2,1H3;2H,1H3. The van der Waals surface area contributed by atoms with Crippen LogP contribution in [0.3, 0.4) is 0 Å². The van der Waals surface area contributed by atoms with Crippen molar-refractivity contribution in [3.8, 4) is 0 Å². The Morgan fingerprint density at radius 2 is 1.86 bits per heavy atom. The minimum Gasteiger partial charge on any atom is -0.400 e. The molecule has 2 heteroatoms. The minimum atomic E-state index is 0.565. The van der Waals surface area contributed by atoms with E-state index in [9.17, 15) is 0 Å². The Bertz CT molecular complexity index is 33.1. The lowest BCUT2D eigenvalue weighted by Gasteiger charge is -2.20. The van der Waals surface area contributed by atoms with Gasteiger partial charge in [-0.2, -0.15) is 0 Å². The fourth-order valence-electron chi connectivity index (χ4n) is 0.354. The fourth-order valence-corrected chi connectivity index (χ4v) is 0.354. The van der Waals surface area contributed by atoms with Gasteiger partial charge in [0.15, 0.2) is 0 Å². The summed E-state index contributed by atoms with van der Waals surface area (Å²) in [5, 5.41) is 7.00. The van der Waals surface area contributed by atoms with E-state index in [1.807, 2.05) is 0 Å². The van der Waals surface area contributed by atoms with Gasteiger partial charge in [0.2, 0.25) is 0 Å². The van der Waals surface area contributed by atoms with Crippen molar-refractivity contribution in [2.45, 2.75) is 19.4 Å². The van der Waals surface area contributed by atoms with E-state index in [4.69, 9.17) is 9.84 Å². The molecule has 0 aliphatic carbocycles. The van der Waals surface area contributed by atoms with Crippen molar-refractivity contribution in [2.75, 3.05) is 13.7 Å². The van der Waals surface area contributed by atoms with Gasteiger partial charge >= 0.3 is 0 Å². The average molecular weight is 104 g/mol. The summed E-state index contributed by atoms with van der Waals surface area (Å²) in [6.45, 7) is 3.07. The molecule has 1 atom stereocenters. The Labute approximate surface area is 44.1 Å². The third-order valence-corrected chi connectivity index (χ3v) is 0.927. The van der Waals surface area contributed by atoms with Crippen LogP contribution in [0.1, 0.15) is 13.3 Å². The van der Waals surface area contributed by atoms with Gasteiger partial charge in [0.05, 0.1) is 6.10 Å². The van der Waals surface area contributed by atoms with E-state index in [0.717, 1.165) is 13.7 Å². The predicted octanol–water partition coefficient (Wildman–Crippen LogP) is 0.404. The Morgan fingerprint density at radius 3 is 1.86 bits per heavy atom. The van der Waals surface area contributed by atoms with Crippen molar-refractivity contribution in [1.29, 1.82) is 0 Å². The normalized spacial score (nSPS) is 27.0. The van der Waals surface area contributed by atoms with Gasteiger partial charge < -0.3 is 9.84 Å². The maximum absolute atomic E-state index is 7.00. The second kappa shape index (κ2) is 4.09. The quantitative estimate of drug-likeness (QED) is 0.482. The first-order valence-corrected chi connectivity index (χ1v) is 2.46. The molecule has 0 bridgehead atoms. The highest BCUT2D eigenvalue weighted by Crippen LogP contribution is 2.07. The third-order valence-electron chi connectivity index (χ3n) is 0.927. The van der Waals surface area contributed by atoms with Crippen LogP contribution in [0.25, 0.3) is 0 Å². The Hall–Kier alpha value is -0.0800. The van der Waals surface area contributed by atoms with E-state index in [-0.39, 0.29) is 0 Å². The Kier molecular flexibility index (Phi) is 4.04. The predicted molar refractivity (Wildman–Crippen MR) is 28.2 cm³/mol. The molecule has 0 aromatic carbocycles. The van der Waals surface area contributed by atoms with E-state index in [1.54, 1.807) is 0 Å². The van der Waals surface area contributed by atoms with Gasteiger partial charge in [0, 0.05) is 13.7 Å². The lowest BCUT2D eigenvalue weighted by molar-refractivity contribution is -0.0375. The van der Waals surface area contributed by atoms with Crippen LogP contribution >= 0.6 is 0 Å².